The van der Waals surface area contributed by atoms with Gasteiger partial charge in [0, 0.05) is 33.2 Å². The van der Waals surface area contributed by atoms with Crippen molar-refractivity contribution < 1.29 is 9.59 Å². The second kappa shape index (κ2) is 6.01. The first-order valence-corrected chi connectivity index (χ1v) is 7.27. The highest BCUT2D eigenvalue weighted by atomic mass is 16.2. The molecule has 1 aromatic heterocycles. The van der Waals surface area contributed by atoms with E-state index in [9.17, 15) is 9.59 Å². The highest BCUT2D eigenvalue weighted by Gasteiger charge is 2.24. The van der Waals surface area contributed by atoms with Crippen molar-refractivity contribution in [3.8, 4) is 11.3 Å². The fourth-order valence-electron chi connectivity index (χ4n) is 2.64. The predicted molar refractivity (Wildman–Crippen MR) is 82.2 cm³/mol. The number of aromatic nitrogens is 2. The van der Waals surface area contributed by atoms with Gasteiger partial charge in [0.05, 0.1) is 5.69 Å². The Morgan fingerprint density at radius 2 is 1.82 bits per heavy atom. The monoisotopic (exact) mass is 298 g/mol. The molecule has 1 aromatic carbocycles. The third-order valence-electron chi connectivity index (χ3n) is 3.92. The van der Waals surface area contributed by atoms with Crippen molar-refractivity contribution in [3.05, 3.63) is 42.1 Å². The number of hydrogen-bond acceptors (Lipinski definition) is 3. The molecule has 3 rings (SSSR count). The van der Waals surface area contributed by atoms with Gasteiger partial charge in [0.15, 0.2) is 5.69 Å². The molecule has 22 heavy (non-hydrogen) atoms. The van der Waals surface area contributed by atoms with Gasteiger partial charge in [0.2, 0.25) is 6.41 Å². The Hall–Kier alpha value is -2.63. The lowest BCUT2D eigenvalue weighted by molar-refractivity contribution is -0.119. The summed E-state index contributed by atoms with van der Waals surface area (Å²) in [6.07, 6.45) is 0.829. The molecule has 1 saturated heterocycles. The Labute approximate surface area is 128 Å². The average molecular weight is 298 g/mol. The number of benzene rings is 1. The molecule has 0 unspecified atom stereocenters. The van der Waals surface area contributed by atoms with Crippen LogP contribution < -0.4 is 0 Å². The van der Waals surface area contributed by atoms with Crippen LogP contribution in [-0.2, 0) is 11.8 Å². The van der Waals surface area contributed by atoms with E-state index in [0.717, 1.165) is 17.7 Å². The first-order valence-electron chi connectivity index (χ1n) is 7.27. The van der Waals surface area contributed by atoms with Gasteiger partial charge in [-0.05, 0) is 11.6 Å². The number of hydrogen-bond donors (Lipinski definition) is 0. The van der Waals surface area contributed by atoms with Gasteiger partial charge in [-0.25, -0.2) is 0 Å². The van der Waals surface area contributed by atoms with E-state index in [4.69, 9.17) is 0 Å². The van der Waals surface area contributed by atoms with E-state index in [1.165, 1.54) is 0 Å². The molecule has 1 aliphatic rings. The van der Waals surface area contributed by atoms with Crippen molar-refractivity contribution in [2.24, 2.45) is 7.05 Å². The van der Waals surface area contributed by atoms with Crippen molar-refractivity contribution in [1.82, 2.24) is 19.6 Å². The number of aryl methyl sites for hydroxylation is 1. The molecule has 0 atom stereocenters. The number of carbonyl (C=O) groups excluding carboxylic acids is 2. The van der Waals surface area contributed by atoms with Gasteiger partial charge in [-0.1, -0.05) is 30.3 Å². The zero-order valence-corrected chi connectivity index (χ0v) is 12.5. The van der Waals surface area contributed by atoms with E-state index < -0.39 is 0 Å². The second-order valence-electron chi connectivity index (χ2n) is 5.34. The summed E-state index contributed by atoms with van der Waals surface area (Å²) in [4.78, 5) is 26.7. The van der Waals surface area contributed by atoms with Crippen molar-refractivity contribution >= 4 is 12.3 Å². The summed E-state index contributed by atoms with van der Waals surface area (Å²) in [5.74, 6) is -0.0802. The van der Waals surface area contributed by atoms with Crippen LogP contribution in [0.25, 0.3) is 11.3 Å². The summed E-state index contributed by atoms with van der Waals surface area (Å²) in [5, 5.41) is 4.34. The molecule has 2 aromatic rings. The summed E-state index contributed by atoms with van der Waals surface area (Å²) in [5.41, 5.74) is 2.39. The van der Waals surface area contributed by atoms with Gasteiger partial charge in [0.25, 0.3) is 5.91 Å². The molecule has 114 valence electrons. The Morgan fingerprint density at radius 1 is 1.14 bits per heavy atom. The molecular weight excluding hydrogens is 280 g/mol. The van der Waals surface area contributed by atoms with E-state index in [1.807, 2.05) is 43.4 Å². The standard InChI is InChI=1S/C16H18N4O2/c1-18-15(13-5-3-2-4-6-13)11-14(17-18)16(22)20-9-7-19(12-21)8-10-20/h2-6,11-12H,7-10H2,1H3. The topological polar surface area (TPSA) is 58.4 Å². The SMILES string of the molecule is Cn1nc(C(=O)N2CCN(C=O)CC2)cc1-c1ccccc1. The molecule has 2 heterocycles. The molecule has 1 fully saturated rings. The zero-order valence-electron chi connectivity index (χ0n) is 12.5. The van der Waals surface area contributed by atoms with Crippen molar-refractivity contribution in [2.45, 2.75) is 0 Å². The number of carbonyl (C=O) groups is 2. The minimum atomic E-state index is -0.0802. The molecule has 0 saturated carbocycles. The maximum absolute atomic E-state index is 12.5. The third kappa shape index (κ3) is 2.72. The summed E-state index contributed by atoms with van der Waals surface area (Å²) in [6.45, 7) is 2.25. The smallest absolute Gasteiger partial charge is 0.274 e. The van der Waals surface area contributed by atoms with Crippen LogP contribution in [0.2, 0.25) is 0 Å². The van der Waals surface area contributed by atoms with E-state index in [2.05, 4.69) is 5.10 Å². The number of amides is 2. The maximum atomic E-state index is 12.5. The number of piperazine rings is 1. The molecule has 0 bridgehead atoms. The maximum Gasteiger partial charge on any atom is 0.274 e. The fourth-order valence-corrected chi connectivity index (χ4v) is 2.64. The Balaban J connectivity index is 1.78. The van der Waals surface area contributed by atoms with E-state index in [0.29, 0.717) is 31.9 Å². The van der Waals surface area contributed by atoms with Crippen LogP contribution in [0.1, 0.15) is 10.5 Å². The fraction of sp³-hybridized carbons (Fsp3) is 0.312. The van der Waals surface area contributed by atoms with Gasteiger partial charge >= 0.3 is 0 Å². The van der Waals surface area contributed by atoms with Crippen molar-refractivity contribution in [1.29, 1.82) is 0 Å². The largest absolute Gasteiger partial charge is 0.342 e. The second-order valence-corrected chi connectivity index (χ2v) is 5.34. The summed E-state index contributed by atoms with van der Waals surface area (Å²) < 4.78 is 1.73. The lowest BCUT2D eigenvalue weighted by atomic mass is 10.1. The van der Waals surface area contributed by atoms with Crippen LogP contribution in [0.15, 0.2) is 36.4 Å². The molecule has 2 amide bonds. The normalized spacial score (nSPS) is 15.0. The molecule has 1 aliphatic heterocycles. The average Bonchev–Trinajstić information content (AvgIpc) is 2.97. The number of nitrogens with zero attached hydrogens (tertiary/aromatic N) is 4. The summed E-state index contributed by atoms with van der Waals surface area (Å²) in [7, 11) is 1.84. The minimum absolute atomic E-state index is 0.0802. The molecule has 0 N–H and O–H groups in total. The molecule has 6 heteroatoms. The highest BCUT2D eigenvalue weighted by molar-refractivity contribution is 5.93. The Morgan fingerprint density at radius 3 is 2.45 bits per heavy atom. The lowest BCUT2D eigenvalue weighted by Crippen LogP contribution is -2.48. The van der Waals surface area contributed by atoms with Crippen molar-refractivity contribution in [3.63, 3.8) is 0 Å². The van der Waals surface area contributed by atoms with Crippen LogP contribution in [0.5, 0.6) is 0 Å². The summed E-state index contributed by atoms with van der Waals surface area (Å²) >= 11 is 0. The zero-order chi connectivity index (χ0) is 15.5. The quantitative estimate of drug-likeness (QED) is 0.794. The van der Waals surface area contributed by atoms with Gasteiger partial charge < -0.3 is 9.80 Å². The Kier molecular flexibility index (Phi) is 3.91. The molecule has 6 nitrogen and oxygen atoms in total. The van der Waals surface area contributed by atoms with Gasteiger partial charge in [-0.15, -0.1) is 0 Å². The molecule has 0 radical (unpaired) electrons. The minimum Gasteiger partial charge on any atom is -0.342 e. The number of rotatable bonds is 3. The summed E-state index contributed by atoms with van der Waals surface area (Å²) in [6, 6.07) is 11.7. The van der Waals surface area contributed by atoms with E-state index in [1.54, 1.807) is 14.5 Å². The van der Waals surface area contributed by atoms with E-state index >= 15 is 0 Å². The van der Waals surface area contributed by atoms with Crippen LogP contribution in [0.4, 0.5) is 0 Å². The first kappa shape index (κ1) is 14.3. The lowest BCUT2D eigenvalue weighted by Gasteiger charge is -2.32. The third-order valence-corrected chi connectivity index (χ3v) is 3.92. The predicted octanol–water partition coefficient (Wildman–Crippen LogP) is 1.00. The Bertz CT molecular complexity index is 673. The molecule has 0 spiro atoms. The molecule has 0 aliphatic carbocycles. The van der Waals surface area contributed by atoms with Crippen molar-refractivity contribution in [2.75, 3.05) is 26.2 Å². The van der Waals surface area contributed by atoms with Gasteiger partial charge in [-0.2, -0.15) is 5.10 Å². The highest BCUT2D eigenvalue weighted by Crippen LogP contribution is 2.20. The van der Waals surface area contributed by atoms with Crippen LogP contribution in [0, 0.1) is 0 Å². The van der Waals surface area contributed by atoms with Gasteiger partial charge in [0.1, 0.15) is 0 Å². The van der Waals surface area contributed by atoms with Crippen LogP contribution in [0.3, 0.4) is 0 Å². The molecular formula is C16H18N4O2. The van der Waals surface area contributed by atoms with Crippen LogP contribution >= 0.6 is 0 Å². The first-order chi connectivity index (χ1) is 10.7. The van der Waals surface area contributed by atoms with Gasteiger partial charge in [-0.3, -0.25) is 14.3 Å². The van der Waals surface area contributed by atoms with Crippen LogP contribution in [-0.4, -0.2) is 58.1 Å². The van der Waals surface area contributed by atoms with E-state index in [-0.39, 0.29) is 5.91 Å².